The zero-order valence-electron chi connectivity index (χ0n) is 9.91. The van der Waals surface area contributed by atoms with Gasteiger partial charge in [-0.3, -0.25) is 9.59 Å². The largest absolute Gasteiger partial charge is 0.431 e. The molecular weight excluding hydrogens is 277 g/mol. The first-order chi connectivity index (χ1) is 9.38. The summed E-state index contributed by atoms with van der Waals surface area (Å²) in [6.07, 6.45) is -1.64. The first-order valence-electron chi connectivity index (χ1n) is 5.45. The van der Waals surface area contributed by atoms with Gasteiger partial charge >= 0.3 is 6.18 Å². The number of rotatable bonds is 3. The van der Waals surface area contributed by atoms with Gasteiger partial charge in [0.25, 0.3) is 11.5 Å². The van der Waals surface area contributed by atoms with Gasteiger partial charge in [-0.2, -0.15) is 13.2 Å². The number of carbonyl (C=O) groups is 1. The number of hydrogen-bond acceptors (Lipinski definition) is 3. The van der Waals surface area contributed by atoms with Crippen LogP contribution in [-0.2, 0) is 12.7 Å². The van der Waals surface area contributed by atoms with Crippen molar-refractivity contribution in [3.05, 3.63) is 52.0 Å². The van der Waals surface area contributed by atoms with Gasteiger partial charge in [0.05, 0.1) is 6.54 Å². The number of aromatic amines is 2. The van der Waals surface area contributed by atoms with E-state index in [2.05, 4.69) is 15.3 Å². The van der Waals surface area contributed by atoms with Crippen LogP contribution in [0.25, 0.3) is 0 Å². The Morgan fingerprint density at radius 2 is 2.10 bits per heavy atom. The van der Waals surface area contributed by atoms with E-state index in [1.165, 1.54) is 6.20 Å². The van der Waals surface area contributed by atoms with Crippen molar-refractivity contribution < 1.29 is 18.0 Å². The molecular formula is C11H9F3N4O2. The second-order valence-corrected chi connectivity index (χ2v) is 3.83. The molecule has 1 amide bonds. The second kappa shape index (κ2) is 5.19. The van der Waals surface area contributed by atoms with Crippen molar-refractivity contribution in [1.82, 2.24) is 20.3 Å². The van der Waals surface area contributed by atoms with Gasteiger partial charge in [0.1, 0.15) is 17.1 Å². The summed E-state index contributed by atoms with van der Waals surface area (Å²) in [6.45, 7) is 0.0340. The van der Waals surface area contributed by atoms with Crippen molar-refractivity contribution >= 4 is 5.91 Å². The molecule has 0 unspecified atom stereocenters. The molecule has 3 N–H and O–H groups in total. The number of imidazole rings is 1. The van der Waals surface area contributed by atoms with E-state index in [1.54, 1.807) is 11.2 Å². The summed E-state index contributed by atoms with van der Waals surface area (Å²) in [6, 6.07) is 1.47. The lowest BCUT2D eigenvalue weighted by molar-refractivity contribution is -0.141. The third kappa shape index (κ3) is 3.05. The molecule has 2 rings (SSSR count). The SMILES string of the molecule is O=C(NCc1ncc[nH]1)c1ccc(C(F)(F)F)[nH]c1=O. The van der Waals surface area contributed by atoms with Crippen LogP contribution in [-0.4, -0.2) is 20.9 Å². The van der Waals surface area contributed by atoms with Crippen LogP contribution in [0.15, 0.2) is 29.3 Å². The highest BCUT2D eigenvalue weighted by molar-refractivity contribution is 5.93. The average Bonchev–Trinajstić information content (AvgIpc) is 2.87. The number of alkyl halides is 3. The van der Waals surface area contributed by atoms with Crippen molar-refractivity contribution in [3.8, 4) is 0 Å². The molecule has 0 aliphatic heterocycles. The van der Waals surface area contributed by atoms with Crippen molar-refractivity contribution in [2.45, 2.75) is 12.7 Å². The highest BCUT2D eigenvalue weighted by Crippen LogP contribution is 2.26. The Morgan fingerprint density at radius 1 is 1.35 bits per heavy atom. The quantitative estimate of drug-likeness (QED) is 0.787. The smallest absolute Gasteiger partial charge is 0.347 e. The molecule has 0 saturated heterocycles. The van der Waals surface area contributed by atoms with E-state index in [-0.39, 0.29) is 6.54 Å². The summed E-state index contributed by atoms with van der Waals surface area (Å²) in [4.78, 5) is 31.3. The molecule has 2 aromatic rings. The number of H-pyrrole nitrogens is 2. The zero-order chi connectivity index (χ0) is 14.8. The maximum Gasteiger partial charge on any atom is 0.431 e. The molecule has 0 atom stereocenters. The molecule has 0 bridgehead atoms. The minimum absolute atomic E-state index is 0.0340. The zero-order valence-corrected chi connectivity index (χ0v) is 9.91. The fourth-order valence-electron chi connectivity index (χ4n) is 1.47. The summed E-state index contributed by atoms with van der Waals surface area (Å²) in [5.74, 6) is -0.321. The average molecular weight is 286 g/mol. The number of amides is 1. The van der Waals surface area contributed by atoms with Gasteiger partial charge in [-0.05, 0) is 12.1 Å². The van der Waals surface area contributed by atoms with Gasteiger partial charge in [-0.1, -0.05) is 0 Å². The van der Waals surface area contributed by atoms with Crippen LogP contribution in [0.1, 0.15) is 21.9 Å². The van der Waals surface area contributed by atoms with E-state index in [0.29, 0.717) is 11.9 Å². The number of carbonyl (C=O) groups excluding carboxylic acids is 1. The third-order valence-corrected chi connectivity index (χ3v) is 2.43. The molecule has 0 saturated carbocycles. The molecule has 0 aliphatic carbocycles. The van der Waals surface area contributed by atoms with Crippen molar-refractivity contribution in [2.75, 3.05) is 0 Å². The van der Waals surface area contributed by atoms with Crippen molar-refractivity contribution in [3.63, 3.8) is 0 Å². The number of nitrogens with one attached hydrogen (secondary N) is 3. The summed E-state index contributed by atoms with van der Waals surface area (Å²) < 4.78 is 37.1. The summed E-state index contributed by atoms with van der Waals surface area (Å²) in [7, 11) is 0. The van der Waals surface area contributed by atoms with Gasteiger partial charge < -0.3 is 15.3 Å². The van der Waals surface area contributed by atoms with E-state index >= 15 is 0 Å². The third-order valence-electron chi connectivity index (χ3n) is 2.43. The van der Waals surface area contributed by atoms with Gasteiger partial charge in [0.2, 0.25) is 0 Å². The molecule has 106 valence electrons. The Kier molecular flexibility index (Phi) is 3.59. The number of hydrogen-bond donors (Lipinski definition) is 3. The minimum atomic E-state index is -4.66. The molecule has 20 heavy (non-hydrogen) atoms. The fourth-order valence-corrected chi connectivity index (χ4v) is 1.47. The molecule has 0 aromatic carbocycles. The van der Waals surface area contributed by atoms with Gasteiger partial charge in [0.15, 0.2) is 0 Å². The predicted molar refractivity (Wildman–Crippen MR) is 61.8 cm³/mol. The van der Waals surface area contributed by atoms with Crippen LogP contribution in [0.2, 0.25) is 0 Å². The maximum atomic E-state index is 12.4. The van der Waals surface area contributed by atoms with Crippen LogP contribution in [0.5, 0.6) is 0 Å². The molecule has 0 spiro atoms. The maximum absolute atomic E-state index is 12.4. The number of nitrogens with zero attached hydrogens (tertiary/aromatic N) is 1. The lowest BCUT2D eigenvalue weighted by Gasteiger charge is -2.07. The number of pyridine rings is 1. The van der Waals surface area contributed by atoms with Crippen LogP contribution in [0.3, 0.4) is 0 Å². The Balaban J connectivity index is 2.13. The lowest BCUT2D eigenvalue weighted by Crippen LogP contribution is -2.30. The van der Waals surface area contributed by atoms with Crippen LogP contribution >= 0.6 is 0 Å². The predicted octanol–water partition coefficient (Wildman–Crippen LogP) is 1.05. The molecule has 0 fully saturated rings. The van der Waals surface area contributed by atoms with Crippen LogP contribution in [0, 0.1) is 0 Å². The molecule has 2 aromatic heterocycles. The summed E-state index contributed by atoms with van der Waals surface area (Å²) in [5.41, 5.74) is -2.70. The Hall–Kier alpha value is -2.58. The molecule has 9 heteroatoms. The van der Waals surface area contributed by atoms with E-state index in [0.717, 1.165) is 6.07 Å². The Labute approximate surface area is 110 Å². The molecule has 0 radical (unpaired) electrons. The lowest BCUT2D eigenvalue weighted by atomic mass is 10.2. The monoisotopic (exact) mass is 286 g/mol. The Morgan fingerprint density at radius 3 is 2.65 bits per heavy atom. The molecule has 0 aliphatic rings. The fraction of sp³-hybridized carbons (Fsp3) is 0.182. The highest BCUT2D eigenvalue weighted by atomic mass is 19.4. The van der Waals surface area contributed by atoms with Gasteiger partial charge in [-0.25, -0.2) is 4.98 Å². The van der Waals surface area contributed by atoms with E-state index in [9.17, 15) is 22.8 Å². The first kappa shape index (κ1) is 13.8. The standard InChI is InChI=1S/C11H9F3N4O2/c12-11(13,14)7-2-1-6(10(20)18-7)9(19)17-5-8-15-3-4-16-8/h1-4H,5H2,(H,15,16)(H,17,19)(H,18,20). The second-order valence-electron chi connectivity index (χ2n) is 3.83. The van der Waals surface area contributed by atoms with E-state index in [1.807, 2.05) is 0 Å². The molecule has 6 nitrogen and oxygen atoms in total. The van der Waals surface area contributed by atoms with Gasteiger partial charge in [-0.15, -0.1) is 0 Å². The van der Waals surface area contributed by atoms with Crippen LogP contribution in [0.4, 0.5) is 13.2 Å². The van der Waals surface area contributed by atoms with Gasteiger partial charge in [0, 0.05) is 12.4 Å². The number of aromatic nitrogens is 3. The minimum Gasteiger partial charge on any atom is -0.347 e. The Bertz CT molecular complexity index is 661. The first-order valence-corrected chi connectivity index (χ1v) is 5.45. The highest BCUT2D eigenvalue weighted by Gasteiger charge is 2.32. The number of halogens is 3. The molecule has 2 heterocycles. The normalized spacial score (nSPS) is 11.3. The van der Waals surface area contributed by atoms with E-state index < -0.39 is 28.9 Å². The van der Waals surface area contributed by atoms with Crippen LogP contribution < -0.4 is 10.9 Å². The summed E-state index contributed by atoms with van der Waals surface area (Å²) in [5, 5.41) is 2.37. The summed E-state index contributed by atoms with van der Waals surface area (Å²) >= 11 is 0. The van der Waals surface area contributed by atoms with E-state index in [4.69, 9.17) is 0 Å². The van der Waals surface area contributed by atoms with Crippen molar-refractivity contribution in [1.29, 1.82) is 0 Å². The topological polar surface area (TPSA) is 90.6 Å². The van der Waals surface area contributed by atoms with Crippen molar-refractivity contribution in [2.24, 2.45) is 0 Å².